The van der Waals surface area contributed by atoms with Gasteiger partial charge in [-0.15, -0.1) is 12.4 Å². The van der Waals surface area contributed by atoms with Crippen molar-refractivity contribution in [3.8, 4) is 0 Å². The molecule has 0 bridgehead atoms. The highest BCUT2D eigenvalue weighted by Crippen LogP contribution is 2.39. The number of rotatable bonds is 4. The summed E-state index contributed by atoms with van der Waals surface area (Å²) in [6.45, 7) is 4.23. The van der Waals surface area contributed by atoms with E-state index in [0.29, 0.717) is 6.54 Å². The van der Waals surface area contributed by atoms with Gasteiger partial charge in [-0.25, -0.2) is 0 Å². The van der Waals surface area contributed by atoms with Gasteiger partial charge in [0, 0.05) is 25.0 Å². The number of carboxylic acid groups (broad SMARTS) is 1. The van der Waals surface area contributed by atoms with Crippen LogP contribution >= 0.6 is 12.4 Å². The topological polar surface area (TPSA) is 40.5 Å². The number of hydrogen-bond donors (Lipinski definition) is 1. The third-order valence-corrected chi connectivity index (χ3v) is 4.74. The molecule has 0 aromatic heterocycles. The second kappa shape index (κ2) is 7.16. The lowest BCUT2D eigenvalue weighted by molar-refractivity contribution is -0.142. The molecule has 3 rings (SSSR count). The summed E-state index contributed by atoms with van der Waals surface area (Å²) in [4.78, 5) is 14.0. The summed E-state index contributed by atoms with van der Waals surface area (Å²) in [5, 5.41) is 9.67. The Bertz CT molecular complexity index is 647. The third-order valence-electron chi connectivity index (χ3n) is 4.74. The van der Waals surface area contributed by atoms with Gasteiger partial charge in [0.15, 0.2) is 0 Å². The molecule has 4 heteroatoms. The van der Waals surface area contributed by atoms with Crippen LogP contribution in [0.5, 0.6) is 0 Å². The van der Waals surface area contributed by atoms with E-state index in [9.17, 15) is 9.90 Å². The van der Waals surface area contributed by atoms with Crippen molar-refractivity contribution in [2.75, 3.05) is 13.1 Å². The lowest BCUT2D eigenvalue weighted by Gasteiger charge is -2.29. The van der Waals surface area contributed by atoms with Crippen molar-refractivity contribution in [2.45, 2.75) is 18.9 Å². The van der Waals surface area contributed by atoms with Crippen LogP contribution in [0.3, 0.4) is 0 Å². The third kappa shape index (κ3) is 3.57. The van der Waals surface area contributed by atoms with Crippen LogP contribution in [0.15, 0.2) is 60.7 Å². The number of aliphatic carboxylic acids is 1. The van der Waals surface area contributed by atoms with E-state index in [1.54, 1.807) is 0 Å². The van der Waals surface area contributed by atoms with Gasteiger partial charge in [0.05, 0.1) is 5.92 Å². The summed E-state index contributed by atoms with van der Waals surface area (Å²) in [6.07, 6.45) is 0. The zero-order valence-electron chi connectivity index (χ0n) is 13.2. The summed E-state index contributed by atoms with van der Waals surface area (Å²) >= 11 is 0. The van der Waals surface area contributed by atoms with E-state index in [-0.39, 0.29) is 23.7 Å². The molecule has 1 aliphatic heterocycles. The van der Waals surface area contributed by atoms with E-state index in [0.717, 1.165) is 18.7 Å². The molecular weight excluding hydrogens is 310 g/mol. The van der Waals surface area contributed by atoms with Crippen molar-refractivity contribution < 1.29 is 9.90 Å². The van der Waals surface area contributed by atoms with Gasteiger partial charge in [0.25, 0.3) is 0 Å². The van der Waals surface area contributed by atoms with Crippen molar-refractivity contribution in [3.63, 3.8) is 0 Å². The minimum absolute atomic E-state index is 0. The fraction of sp³-hybridized carbons (Fsp3) is 0.316. The standard InChI is InChI=1S/C19H21NO2.ClH/c1-19(16-10-6-3-7-11-16)14-20(13-17(19)18(21)22)12-15-8-4-2-5-9-15;/h2-11,17H,12-14H2,1H3,(H,21,22);1H/t17-,19-;/m1./s1. The minimum Gasteiger partial charge on any atom is -0.481 e. The predicted octanol–water partition coefficient (Wildman–Crippen LogP) is 3.58. The molecule has 0 unspecified atom stereocenters. The predicted molar refractivity (Wildman–Crippen MR) is 93.9 cm³/mol. The SMILES string of the molecule is C[C@]1(c2ccccc2)CN(Cc2ccccc2)C[C@@H]1C(=O)O.Cl. The Balaban J connectivity index is 0.00000192. The van der Waals surface area contributed by atoms with E-state index in [1.807, 2.05) is 48.5 Å². The summed E-state index contributed by atoms with van der Waals surface area (Å²) in [7, 11) is 0. The Hall–Kier alpha value is -1.84. The van der Waals surface area contributed by atoms with Crippen LogP contribution in [0.1, 0.15) is 18.1 Å². The van der Waals surface area contributed by atoms with Gasteiger partial charge < -0.3 is 5.11 Å². The van der Waals surface area contributed by atoms with Crippen molar-refractivity contribution in [1.29, 1.82) is 0 Å². The van der Waals surface area contributed by atoms with Crippen LogP contribution < -0.4 is 0 Å². The van der Waals surface area contributed by atoms with E-state index in [4.69, 9.17) is 0 Å². The van der Waals surface area contributed by atoms with Crippen LogP contribution in [-0.4, -0.2) is 29.1 Å². The highest BCUT2D eigenvalue weighted by Gasteiger charge is 2.47. The molecule has 1 saturated heterocycles. The second-order valence-corrected chi connectivity index (χ2v) is 6.33. The van der Waals surface area contributed by atoms with Crippen LogP contribution in [0.2, 0.25) is 0 Å². The van der Waals surface area contributed by atoms with Gasteiger partial charge in [-0.2, -0.15) is 0 Å². The summed E-state index contributed by atoms with van der Waals surface area (Å²) < 4.78 is 0. The maximum atomic E-state index is 11.8. The molecule has 0 saturated carbocycles. The maximum Gasteiger partial charge on any atom is 0.308 e. The van der Waals surface area contributed by atoms with Crippen molar-refractivity contribution in [2.24, 2.45) is 5.92 Å². The normalized spacial score (nSPS) is 24.1. The molecule has 3 nitrogen and oxygen atoms in total. The number of benzene rings is 2. The summed E-state index contributed by atoms with van der Waals surface area (Å²) in [5.41, 5.74) is 1.99. The fourth-order valence-electron chi connectivity index (χ4n) is 3.52. The zero-order valence-corrected chi connectivity index (χ0v) is 14.0. The molecule has 2 aromatic carbocycles. The minimum atomic E-state index is -0.707. The van der Waals surface area contributed by atoms with Gasteiger partial charge in [-0.3, -0.25) is 9.69 Å². The molecule has 1 N–H and O–H groups in total. The molecule has 0 spiro atoms. The van der Waals surface area contributed by atoms with Crippen LogP contribution in [-0.2, 0) is 16.8 Å². The van der Waals surface area contributed by atoms with Crippen LogP contribution in [0.25, 0.3) is 0 Å². The number of halogens is 1. The van der Waals surface area contributed by atoms with Gasteiger partial charge in [-0.1, -0.05) is 67.6 Å². The first-order valence-corrected chi connectivity index (χ1v) is 7.64. The Morgan fingerprint density at radius 1 is 1.13 bits per heavy atom. The number of hydrogen-bond acceptors (Lipinski definition) is 2. The van der Waals surface area contributed by atoms with E-state index in [1.165, 1.54) is 5.56 Å². The first kappa shape index (κ1) is 17.5. The molecule has 0 amide bonds. The molecule has 0 aliphatic carbocycles. The summed E-state index contributed by atoms with van der Waals surface area (Å²) in [6, 6.07) is 20.3. The van der Waals surface area contributed by atoms with Gasteiger partial charge in [0.2, 0.25) is 0 Å². The molecule has 2 atom stereocenters. The Morgan fingerprint density at radius 3 is 2.26 bits per heavy atom. The molecular formula is C19H22ClNO2. The van der Waals surface area contributed by atoms with Crippen LogP contribution in [0.4, 0.5) is 0 Å². The first-order chi connectivity index (χ1) is 10.6. The van der Waals surface area contributed by atoms with Crippen molar-refractivity contribution >= 4 is 18.4 Å². The molecule has 1 aliphatic rings. The average molecular weight is 332 g/mol. The fourth-order valence-corrected chi connectivity index (χ4v) is 3.52. The van der Waals surface area contributed by atoms with Crippen molar-refractivity contribution in [1.82, 2.24) is 4.90 Å². The molecule has 0 radical (unpaired) electrons. The number of nitrogens with zero attached hydrogens (tertiary/aromatic N) is 1. The highest BCUT2D eigenvalue weighted by molar-refractivity contribution is 5.85. The maximum absolute atomic E-state index is 11.8. The summed E-state index contributed by atoms with van der Waals surface area (Å²) in [5.74, 6) is -1.08. The lowest BCUT2D eigenvalue weighted by Crippen LogP contribution is -2.36. The van der Waals surface area contributed by atoms with E-state index in [2.05, 4.69) is 24.0 Å². The Morgan fingerprint density at radius 2 is 1.70 bits per heavy atom. The van der Waals surface area contributed by atoms with Gasteiger partial charge in [0.1, 0.15) is 0 Å². The number of carbonyl (C=O) groups is 1. The van der Waals surface area contributed by atoms with Gasteiger partial charge >= 0.3 is 5.97 Å². The second-order valence-electron chi connectivity index (χ2n) is 6.33. The quantitative estimate of drug-likeness (QED) is 0.931. The monoisotopic (exact) mass is 331 g/mol. The Labute approximate surface area is 143 Å². The number of carboxylic acids is 1. The molecule has 122 valence electrons. The van der Waals surface area contributed by atoms with Gasteiger partial charge in [-0.05, 0) is 11.1 Å². The molecule has 2 aromatic rings. The Kier molecular flexibility index (Phi) is 5.45. The molecule has 23 heavy (non-hydrogen) atoms. The van der Waals surface area contributed by atoms with E-state index < -0.39 is 5.97 Å². The highest BCUT2D eigenvalue weighted by atomic mass is 35.5. The van der Waals surface area contributed by atoms with E-state index >= 15 is 0 Å². The first-order valence-electron chi connectivity index (χ1n) is 7.64. The van der Waals surface area contributed by atoms with Crippen molar-refractivity contribution in [3.05, 3.63) is 71.8 Å². The average Bonchev–Trinajstić information content (AvgIpc) is 2.87. The smallest absolute Gasteiger partial charge is 0.308 e. The number of likely N-dealkylation sites (tertiary alicyclic amines) is 1. The largest absolute Gasteiger partial charge is 0.481 e. The van der Waals surface area contributed by atoms with Crippen LogP contribution in [0, 0.1) is 5.92 Å². The molecule has 1 heterocycles. The lowest BCUT2D eigenvalue weighted by atomic mass is 9.74. The zero-order chi connectivity index (χ0) is 15.6. The molecule has 1 fully saturated rings.